The molecule has 0 aromatic heterocycles. The quantitative estimate of drug-likeness (QED) is 0.639. The summed E-state index contributed by atoms with van der Waals surface area (Å²) < 4.78 is 5.29. The van der Waals surface area contributed by atoms with Gasteiger partial charge in [-0.25, -0.2) is 0 Å². The monoisotopic (exact) mass is 475 g/mol. The van der Waals surface area contributed by atoms with E-state index in [9.17, 15) is 9.90 Å². The van der Waals surface area contributed by atoms with Crippen LogP contribution in [0.25, 0.3) is 0 Å². The normalized spacial score (nSPS) is 25.4. The lowest BCUT2D eigenvalue weighted by atomic mass is 9.89. The molecule has 6 nitrogen and oxygen atoms in total. The second-order valence-corrected chi connectivity index (χ2v) is 9.21. The largest absolute Gasteiger partial charge is 0.497 e. The van der Waals surface area contributed by atoms with Crippen LogP contribution in [0.2, 0.25) is 10.0 Å². The second-order valence-electron chi connectivity index (χ2n) is 8.36. The van der Waals surface area contributed by atoms with E-state index in [1.165, 1.54) is 0 Å². The summed E-state index contributed by atoms with van der Waals surface area (Å²) in [6.07, 6.45) is 2.92. The molecule has 0 spiro atoms. The number of carbonyl (C=O) groups is 1. The van der Waals surface area contributed by atoms with Crippen molar-refractivity contribution in [3.63, 3.8) is 0 Å². The Hall–Kier alpha value is -2.28. The summed E-state index contributed by atoms with van der Waals surface area (Å²) >= 11 is 12.6. The topological polar surface area (TPSA) is 74.2 Å². The zero-order valence-corrected chi connectivity index (χ0v) is 19.6. The minimum Gasteiger partial charge on any atom is -0.497 e. The fraction of sp³-hybridized carbons (Fsp3) is 0.417. The zero-order valence-electron chi connectivity index (χ0n) is 18.1. The van der Waals surface area contributed by atoms with Crippen molar-refractivity contribution in [1.82, 2.24) is 5.32 Å². The fourth-order valence-electron chi connectivity index (χ4n) is 4.51. The fourth-order valence-corrected chi connectivity index (χ4v) is 5.00. The van der Waals surface area contributed by atoms with Gasteiger partial charge >= 0.3 is 0 Å². The lowest BCUT2D eigenvalue weighted by Crippen LogP contribution is -2.48. The van der Waals surface area contributed by atoms with Crippen LogP contribution in [0.3, 0.4) is 0 Å². The van der Waals surface area contributed by atoms with Crippen molar-refractivity contribution in [1.29, 1.82) is 0 Å². The van der Waals surface area contributed by atoms with Crippen molar-refractivity contribution in [3.8, 4) is 5.75 Å². The molecule has 1 fully saturated rings. The van der Waals surface area contributed by atoms with E-state index in [4.69, 9.17) is 33.0 Å². The molecular weight excluding hydrogens is 449 g/mol. The van der Waals surface area contributed by atoms with Crippen LogP contribution >= 0.6 is 23.2 Å². The Morgan fingerprint density at radius 3 is 2.53 bits per heavy atom. The number of rotatable bonds is 5. The van der Waals surface area contributed by atoms with Gasteiger partial charge in [-0.15, -0.1) is 0 Å². The molecule has 2 aliphatic rings. The van der Waals surface area contributed by atoms with Gasteiger partial charge in [-0.3, -0.25) is 9.80 Å². The summed E-state index contributed by atoms with van der Waals surface area (Å²) in [5.41, 5.74) is 2.06. The summed E-state index contributed by atoms with van der Waals surface area (Å²) in [5.74, 6) is 0.283. The van der Waals surface area contributed by atoms with Crippen LogP contribution in [-0.4, -0.2) is 36.0 Å². The molecule has 1 amide bonds. The molecule has 0 saturated heterocycles. The number of benzene rings is 2. The summed E-state index contributed by atoms with van der Waals surface area (Å²) in [6, 6.07) is 12.5. The first kappa shape index (κ1) is 22.9. The molecule has 170 valence electrons. The zero-order chi connectivity index (χ0) is 22.8. The molecule has 4 rings (SSSR count). The molecule has 0 radical (unpaired) electrons. The van der Waals surface area contributed by atoms with Crippen molar-refractivity contribution < 1.29 is 14.6 Å². The highest BCUT2D eigenvalue weighted by Gasteiger charge is 2.41. The Morgan fingerprint density at radius 1 is 1.16 bits per heavy atom. The first-order valence-electron chi connectivity index (χ1n) is 10.8. The average Bonchev–Trinajstić information content (AvgIpc) is 3.12. The van der Waals surface area contributed by atoms with Gasteiger partial charge < -0.3 is 15.2 Å². The van der Waals surface area contributed by atoms with Gasteiger partial charge in [-0.2, -0.15) is 5.10 Å². The summed E-state index contributed by atoms with van der Waals surface area (Å²) in [7, 11) is 1.62. The maximum Gasteiger partial charge on any atom is 0.268 e. The molecule has 4 atom stereocenters. The molecule has 8 heteroatoms. The summed E-state index contributed by atoms with van der Waals surface area (Å²) in [4.78, 5) is 13.2. The molecule has 2 aromatic carbocycles. The van der Waals surface area contributed by atoms with Gasteiger partial charge in [0.2, 0.25) is 0 Å². The Balaban J connectivity index is 1.68. The average molecular weight is 476 g/mol. The van der Waals surface area contributed by atoms with E-state index in [1.54, 1.807) is 24.3 Å². The van der Waals surface area contributed by atoms with Gasteiger partial charge in [-0.1, -0.05) is 55.1 Å². The van der Waals surface area contributed by atoms with Gasteiger partial charge in [-0.05, 0) is 48.7 Å². The number of hydrazone groups is 1. The highest BCUT2D eigenvalue weighted by Crippen LogP contribution is 2.42. The molecule has 1 aliphatic carbocycles. The SMILES string of the molecule is COc1ccc([C@@H]2[C@H](C)C(C(=O)N[C@H]3CCCC[C@@H]3O)=NN2c2ccc(Cl)cc2Cl)cc1. The number of aliphatic hydroxyl groups excluding tert-OH is 1. The highest BCUT2D eigenvalue weighted by molar-refractivity contribution is 6.41. The van der Waals surface area contributed by atoms with Crippen LogP contribution in [0.15, 0.2) is 47.6 Å². The van der Waals surface area contributed by atoms with Crippen molar-refractivity contribution >= 4 is 40.5 Å². The number of aliphatic hydroxyl groups is 1. The van der Waals surface area contributed by atoms with E-state index in [0.29, 0.717) is 27.9 Å². The Kier molecular flexibility index (Phi) is 6.93. The van der Waals surface area contributed by atoms with Crippen LogP contribution < -0.4 is 15.1 Å². The molecule has 1 heterocycles. The number of halogens is 2. The smallest absolute Gasteiger partial charge is 0.268 e. The number of nitrogens with one attached hydrogen (secondary N) is 1. The highest BCUT2D eigenvalue weighted by atomic mass is 35.5. The predicted octanol–water partition coefficient (Wildman–Crippen LogP) is 4.98. The third kappa shape index (κ3) is 4.58. The minimum atomic E-state index is -0.524. The van der Waals surface area contributed by atoms with Gasteiger partial charge in [0.05, 0.1) is 36.0 Å². The third-order valence-corrected chi connectivity index (χ3v) is 6.81. The minimum absolute atomic E-state index is 0.212. The van der Waals surface area contributed by atoms with E-state index in [1.807, 2.05) is 37.3 Å². The van der Waals surface area contributed by atoms with Crippen LogP contribution in [-0.2, 0) is 4.79 Å². The number of hydrogen-bond donors (Lipinski definition) is 2. The van der Waals surface area contributed by atoms with E-state index < -0.39 is 6.10 Å². The number of hydrogen-bond acceptors (Lipinski definition) is 5. The van der Waals surface area contributed by atoms with Crippen LogP contribution in [0, 0.1) is 5.92 Å². The molecule has 1 aliphatic heterocycles. The van der Waals surface area contributed by atoms with Crippen LogP contribution in [0.4, 0.5) is 5.69 Å². The maximum atomic E-state index is 13.2. The molecule has 2 aromatic rings. The van der Waals surface area contributed by atoms with Gasteiger partial charge in [0.25, 0.3) is 5.91 Å². The number of ether oxygens (including phenoxy) is 1. The molecule has 2 N–H and O–H groups in total. The number of methoxy groups -OCH3 is 1. The van der Waals surface area contributed by atoms with Crippen molar-refractivity contribution in [2.45, 2.75) is 50.8 Å². The third-order valence-electron chi connectivity index (χ3n) is 6.28. The molecule has 1 saturated carbocycles. The Bertz CT molecular complexity index is 1010. The van der Waals surface area contributed by atoms with Crippen molar-refractivity contribution in [2.75, 3.05) is 12.1 Å². The molecule has 0 bridgehead atoms. The maximum absolute atomic E-state index is 13.2. The van der Waals surface area contributed by atoms with Crippen molar-refractivity contribution in [2.24, 2.45) is 11.0 Å². The van der Waals surface area contributed by atoms with Gasteiger partial charge in [0.15, 0.2) is 0 Å². The van der Waals surface area contributed by atoms with E-state index >= 15 is 0 Å². The predicted molar refractivity (Wildman–Crippen MR) is 128 cm³/mol. The van der Waals surface area contributed by atoms with Gasteiger partial charge in [0, 0.05) is 10.9 Å². The van der Waals surface area contributed by atoms with E-state index in [2.05, 4.69) is 5.32 Å². The summed E-state index contributed by atoms with van der Waals surface area (Å²) in [6.45, 7) is 1.98. The van der Waals surface area contributed by atoms with Crippen molar-refractivity contribution in [3.05, 3.63) is 58.1 Å². The Labute approximate surface area is 198 Å². The van der Waals surface area contributed by atoms with Crippen LogP contribution in [0.1, 0.15) is 44.2 Å². The first-order chi connectivity index (χ1) is 15.4. The van der Waals surface area contributed by atoms with Gasteiger partial charge in [0.1, 0.15) is 11.5 Å². The number of nitrogens with zero attached hydrogens (tertiary/aromatic N) is 2. The second kappa shape index (κ2) is 9.69. The van der Waals surface area contributed by atoms with E-state index in [-0.39, 0.29) is 23.9 Å². The molecule has 0 unspecified atom stereocenters. The standard InChI is InChI=1S/C24H27Cl2N3O3/c1-14-22(24(31)27-19-5-3-4-6-21(19)30)28-29(20-12-9-16(25)13-18(20)26)23(14)15-7-10-17(32-2)11-8-15/h7-14,19,21,23,30H,3-6H2,1-2H3,(H,27,31)/t14-,19+,21+,23+/m1/s1. The Morgan fingerprint density at radius 2 is 1.88 bits per heavy atom. The number of amides is 1. The first-order valence-corrected chi connectivity index (χ1v) is 11.6. The lowest BCUT2D eigenvalue weighted by molar-refractivity contribution is -0.116. The van der Waals surface area contributed by atoms with E-state index in [0.717, 1.165) is 30.6 Å². The number of carbonyl (C=O) groups excluding carboxylic acids is 1. The number of anilines is 1. The lowest BCUT2D eigenvalue weighted by Gasteiger charge is -2.29. The van der Waals surface area contributed by atoms with Crippen LogP contribution in [0.5, 0.6) is 5.75 Å². The summed E-state index contributed by atoms with van der Waals surface area (Å²) in [5, 5.41) is 20.8. The molecule has 32 heavy (non-hydrogen) atoms. The molecular formula is C24H27Cl2N3O3.